The molecule has 0 aliphatic carbocycles. The molecule has 0 aromatic heterocycles. The van der Waals surface area contributed by atoms with Crippen LogP contribution in [0.5, 0.6) is 0 Å². The van der Waals surface area contributed by atoms with E-state index >= 15 is 0 Å². The van der Waals surface area contributed by atoms with Crippen LogP contribution in [-0.2, 0) is 14.3 Å². The van der Waals surface area contributed by atoms with E-state index in [0.717, 1.165) is 19.3 Å². The lowest BCUT2D eigenvalue weighted by Crippen LogP contribution is -2.42. The van der Waals surface area contributed by atoms with Crippen molar-refractivity contribution in [1.29, 1.82) is 0 Å². The van der Waals surface area contributed by atoms with Crippen LogP contribution in [0.15, 0.2) is 0 Å². The van der Waals surface area contributed by atoms with E-state index in [0.29, 0.717) is 26.2 Å². The van der Waals surface area contributed by atoms with Gasteiger partial charge in [-0.1, -0.05) is 97.8 Å². The van der Waals surface area contributed by atoms with Crippen molar-refractivity contribution >= 4 is 12.1 Å². The number of carbonyl (C=O) groups excluding carboxylic acids is 2. The Morgan fingerprint density at radius 3 is 1.90 bits per heavy atom. The molecule has 1 fully saturated rings. The molecule has 0 N–H and O–H groups in total. The van der Waals surface area contributed by atoms with E-state index in [4.69, 9.17) is 9.47 Å². The van der Waals surface area contributed by atoms with Crippen LogP contribution >= 0.6 is 0 Å². The molecule has 5 heteroatoms. The van der Waals surface area contributed by atoms with Crippen molar-refractivity contribution in [3.8, 4) is 0 Å². The first-order valence-corrected chi connectivity index (χ1v) is 12.7. The van der Waals surface area contributed by atoms with Crippen molar-refractivity contribution in [2.24, 2.45) is 5.92 Å². The maximum absolute atomic E-state index is 12.3. The summed E-state index contributed by atoms with van der Waals surface area (Å²) >= 11 is 0. The number of likely N-dealkylation sites (tertiary alicyclic amines) is 1. The number of nitrogens with zero attached hydrogens (tertiary/aromatic N) is 1. The van der Waals surface area contributed by atoms with E-state index in [2.05, 4.69) is 6.92 Å². The summed E-state index contributed by atoms with van der Waals surface area (Å²) < 4.78 is 10.7. The van der Waals surface area contributed by atoms with Gasteiger partial charge in [-0.3, -0.25) is 4.90 Å². The second kappa shape index (κ2) is 17.4. The van der Waals surface area contributed by atoms with E-state index in [1.165, 1.54) is 75.5 Å². The van der Waals surface area contributed by atoms with Crippen molar-refractivity contribution in [3.05, 3.63) is 0 Å². The summed E-state index contributed by atoms with van der Waals surface area (Å²) in [6.07, 6.45) is 18.0. The molecule has 0 aromatic carbocycles. The minimum absolute atomic E-state index is 0.270. The zero-order valence-electron chi connectivity index (χ0n) is 20.0. The van der Waals surface area contributed by atoms with Gasteiger partial charge in [0.25, 0.3) is 0 Å². The number of carbonyl (C=O) groups is 2. The maximum Gasteiger partial charge on any atom is 0.410 e. The summed E-state index contributed by atoms with van der Waals surface area (Å²) in [5, 5.41) is 0. The standard InChI is InChI=1S/C25H47NO4/c1-4-5-6-7-8-9-10-11-12-13-14-15-16-20-29-24(27)23-18-17-19-26(23)25(28)30-21-22(2)3/h22-23H,4-21H2,1-3H3. The van der Waals surface area contributed by atoms with E-state index in [1.54, 1.807) is 0 Å². The topological polar surface area (TPSA) is 55.8 Å². The largest absolute Gasteiger partial charge is 0.464 e. The Bertz CT molecular complexity index is 452. The van der Waals surface area contributed by atoms with Crippen LogP contribution in [-0.4, -0.2) is 42.8 Å². The SMILES string of the molecule is CCCCCCCCCCCCCCCOC(=O)C1CCCN1C(=O)OCC(C)C. The first kappa shape index (κ1) is 26.8. The van der Waals surface area contributed by atoms with Crippen molar-refractivity contribution in [2.75, 3.05) is 19.8 Å². The molecule has 1 unspecified atom stereocenters. The molecule has 1 aliphatic heterocycles. The fourth-order valence-electron chi connectivity index (χ4n) is 3.94. The van der Waals surface area contributed by atoms with Gasteiger partial charge in [0.1, 0.15) is 6.04 Å². The Kier molecular flexibility index (Phi) is 15.6. The summed E-state index contributed by atoms with van der Waals surface area (Å²) in [6.45, 7) is 7.69. The molecule has 0 bridgehead atoms. The quantitative estimate of drug-likeness (QED) is 0.188. The fraction of sp³-hybridized carbons (Fsp3) is 0.920. The average Bonchev–Trinajstić information content (AvgIpc) is 3.22. The highest BCUT2D eigenvalue weighted by molar-refractivity contribution is 5.82. The summed E-state index contributed by atoms with van der Waals surface area (Å²) in [5.74, 6) is 0.0189. The summed E-state index contributed by atoms with van der Waals surface area (Å²) in [7, 11) is 0. The maximum atomic E-state index is 12.3. The molecule has 30 heavy (non-hydrogen) atoms. The second-order valence-electron chi connectivity index (χ2n) is 9.23. The minimum Gasteiger partial charge on any atom is -0.464 e. The molecule has 1 atom stereocenters. The zero-order chi connectivity index (χ0) is 22.0. The van der Waals surface area contributed by atoms with Crippen LogP contribution in [0.1, 0.15) is 117 Å². The van der Waals surface area contributed by atoms with Gasteiger partial charge in [0.2, 0.25) is 0 Å². The van der Waals surface area contributed by atoms with Gasteiger partial charge in [-0.2, -0.15) is 0 Å². The molecule has 1 saturated heterocycles. The monoisotopic (exact) mass is 425 g/mol. The molecule has 0 spiro atoms. The normalized spacial score (nSPS) is 16.3. The number of ether oxygens (including phenoxy) is 2. The highest BCUT2D eigenvalue weighted by atomic mass is 16.6. The molecule has 0 saturated carbocycles. The van der Waals surface area contributed by atoms with Gasteiger partial charge >= 0.3 is 12.1 Å². The van der Waals surface area contributed by atoms with Crippen molar-refractivity contribution in [1.82, 2.24) is 4.90 Å². The fourth-order valence-corrected chi connectivity index (χ4v) is 3.94. The third-order valence-corrected chi connectivity index (χ3v) is 5.79. The Balaban J connectivity index is 1.98. The van der Waals surface area contributed by atoms with Gasteiger partial charge in [0.05, 0.1) is 13.2 Å². The van der Waals surface area contributed by atoms with Crippen LogP contribution in [0.2, 0.25) is 0 Å². The van der Waals surface area contributed by atoms with Gasteiger partial charge in [-0.25, -0.2) is 9.59 Å². The Morgan fingerprint density at radius 1 is 0.833 bits per heavy atom. The molecule has 1 aliphatic rings. The van der Waals surface area contributed by atoms with Crippen LogP contribution in [0.3, 0.4) is 0 Å². The van der Waals surface area contributed by atoms with Crippen molar-refractivity contribution < 1.29 is 19.1 Å². The average molecular weight is 426 g/mol. The summed E-state index contributed by atoms with van der Waals surface area (Å²) in [5.41, 5.74) is 0. The Morgan fingerprint density at radius 2 is 1.37 bits per heavy atom. The van der Waals surface area contributed by atoms with Gasteiger partial charge in [0.15, 0.2) is 0 Å². The lowest BCUT2D eigenvalue weighted by molar-refractivity contribution is -0.148. The predicted octanol–water partition coefficient (Wildman–Crippen LogP) is 6.88. The smallest absolute Gasteiger partial charge is 0.410 e. The van der Waals surface area contributed by atoms with E-state index in [1.807, 2.05) is 13.8 Å². The van der Waals surface area contributed by atoms with E-state index < -0.39 is 6.04 Å². The van der Waals surface area contributed by atoms with Gasteiger partial charge in [-0.05, 0) is 25.2 Å². The molecular weight excluding hydrogens is 378 g/mol. The molecule has 1 amide bonds. The second-order valence-corrected chi connectivity index (χ2v) is 9.23. The van der Waals surface area contributed by atoms with Crippen LogP contribution < -0.4 is 0 Å². The van der Waals surface area contributed by atoms with E-state index in [-0.39, 0.29) is 18.0 Å². The number of unbranched alkanes of at least 4 members (excludes halogenated alkanes) is 12. The summed E-state index contributed by atoms with van der Waals surface area (Å²) in [6, 6.07) is -0.466. The van der Waals surface area contributed by atoms with Crippen LogP contribution in [0.25, 0.3) is 0 Å². The number of hydrogen-bond acceptors (Lipinski definition) is 4. The van der Waals surface area contributed by atoms with Crippen LogP contribution in [0.4, 0.5) is 4.79 Å². The van der Waals surface area contributed by atoms with Crippen molar-refractivity contribution in [3.63, 3.8) is 0 Å². The molecule has 1 rings (SSSR count). The number of amides is 1. The predicted molar refractivity (Wildman–Crippen MR) is 123 cm³/mol. The Hall–Kier alpha value is -1.26. The lowest BCUT2D eigenvalue weighted by atomic mass is 10.0. The molecule has 0 aromatic rings. The first-order chi connectivity index (χ1) is 14.6. The minimum atomic E-state index is -0.466. The van der Waals surface area contributed by atoms with Gasteiger partial charge in [-0.15, -0.1) is 0 Å². The van der Waals surface area contributed by atoms with Crippen molar-refractivity contribution in [2.45, 2.75) is 123 Å². The van der Waals surface area contributed by atoms with Gasteiger partial charge < -0.3 is 9.47 Å². The third kappa shape index (κ3) is 12.4. The highest BCUT2D eigenvalue weighted by Crippen LogP contribution is 2.20. The highest BCUT2D eigenvalue weighted by Gasteiger charge is 2.36. The molecule has 0 radical (unpaired) electrons. The molecule has 176 valence electrons. The van der Waals surface area contributed by atoms with E-state index in [9.17, 15) is 9.59 Å². The van der Waals surface area contributed by atoms with Gasteiger partial charge in [0, 0.05) is 6.54 Å². The number of esters is 1. The Labute approximate surface area is 185 Å². The molecule has 1 heterocycles. The van der Waals surface area contributed by atoms with Crippen LogP contribution in [0, 0.1) is 5.92 Å². The number of hydrogen-bond donors (Lipinski definition) is 0. The molecular formula is C25H47NO4. The number of rotatable bonds is 17. The third-order valence-electron chi connectivity index (χ3n) is 5.79. The molecule has 5 nitrogen and oxygen atoms in total. The lowest BCUT2D eigenvalue weighted by Gasteiger charge is -2.23. The summed E-state index contributed by atoms with van der Waals surface area (Å²) in [4.78, 5) is 26.0. The zero-order valence-corrected chi connectivity index (χ0v) is 20.0. The first-order valence-electron chi connectivity index (χ1n) is 12.7.